The third-order valence-corrected chi connectivity index (χ3v) is 4.60. The van der Waals surface area contributed by atoms with E-state index >= 15 is 0 Å². The van der Waals surface area contributed by atoms with Gasteiger partial charge in [0, 0.05) is 0 Å². The molecule has 0 aliphatic carbocycles. The van der Waals surface area contributed by atoms with E-state index in [4.69, 9.17) is 0 Å². The second kappa shape index (κ2) is 7.03. The molecule has 1 aromatic rings. The Morgan fingerprint density at radius 3 is 2.48 bits per heavy atom. The Morgan fingerprint density at radius 1 is 1.29 bits per heavy atom. The monoisotopic (exact) mass is 293 g/mol. The number of halogens is 1. The molecule has 1 aliphatic heterocycles. The van der Waals surface area contributed by atoms with Crippen LogP contribution in [-0.4, -0.2) is 29.1 Å². The van der Waals surface area contributed by atoms with Crippen LogP contribution in [0, 0.1) is 5.82 Å². The smallest absolute Gasteiger partial charge is 0.305 e. The van der Waals surface area contributed by atoms with Crippen molar-refractivity contribution < 1.29 is 14.3 Å². The van der Waals surface area contributed by atoms with Crippen molar-refractivity contribution in [1.82, 2.24) is 4.90 Å². The van der Waals surface area contributed by atoms with E-state index in [-0.39, 0.29) is 12.2 Å². The van der Waals surface area contributed by atoms with Crippen molar-refractivity contribution in [3.8, 4) is 0 Å². The molecule has 4 heteroatoms. The SMILES string of the molecule is CCC(CC(=O)O)(c1cccc(F)c1)N1CCCCCC1. The Hall–Kier alpha value is -1.42. The summed E-state index contributed by atoms with van der Waals surface area (Å²) in [5.41, 5.74) is 0.187. The maximum absolute atomic E-state index is 13.7. The maximum Gasteiger partial charge on any atom is 0.305 e. The first-order valence-electron chi connectivity index (χ1n) is 7.81. The summed E-state index contributed by atoms with van der Waals surface area (Å²) in [5, 5.41) is 9.39. The van der Waals surface area contributed by atoms with Crippen molar-refractivity contribution in [2.45, 2.75) is 51.0 Å². The Morgan fingerprint density at radius 2 is 1.95 bits per heavy atom. The Labute approximate surface area is 125 Å². The molecule has 0 bridgehead atoms. The van der Waals surface area contributed by atoms with E-state index in [1.54, 1.807) is 6.07 Å². The van der Waals surface area contributed by atoms with Gasteiger partial charge in [-0.1, -0.05) is 31.9 Å². The van der Waals surface area contributed by atoms with Crippen LogP contribution in [0.4, 0.5) is 4.39 Å². The van der Waals surface area contributed by atoms with Crippen LogP contribution in [0.25, 0.3) is 0 Å². The van der Waals surface area contributed by atoms with E-state index in [0.29, 0.717) is 6.42 Å². The van der Waals surface area contributed by atoms with Gasteiger partial charge in [0.25, 0.3) is 0 Å². The van der Waals surface area contributed by atoms with E-state index in [0.717, 1.165) is 31.5 Å². The normalized spacial score (nSPS) is 19.7. The molecule has 2 rings (SSSR count). The lowest BCUT2D eigenvalue weighted by atomic mass is 9.82. The lowest BCUT2D eigenvalue weighted by Crippen LogP contribution is -2.48. The van der Waals surface area contributed by atoms with Gasteiger partial charge in [0.15, 0.2) is 0 Å². The highest BCUT2D eigenvalue weighted by Gasteiger charge is 2.39. The number of carbonyl (C=O) groups is 1. The molecule has 1 saturated heterocycles. The molecule has 1 unspecified atom stereocenters. The first-order chi connectivity index (χ1) is 10.1. The first-order valence-corrected chi connectivity index (χ1v) is 7.81. The van der Waals surface area contributed by atoms with Crippen molar-refractivity contribution in [3.05, 3.63) is 35.6 Å². The van der Waals surface area contributed by atoms with E-state index in [1.807, 2.05) is 13.0 Å². The van der Waals surface area contributed by atoms with Crippen molar-refractivity contribution in [1.29, 1.82) is 0 Å². The molecule has 1 N–H and O–H groups in total. The molecule has 1 aromatic carbocycles. The largest absolute Gasteiger partial charge is 0.481 e. The zero-order valence-electron chi connectivity index (χ0n) is 12.6. The van der Waals surface area contributed by atoms with Gasteiger partial charge >= 0.3 is 5.97 Å². The summed E-state index contributed by atoms with van der Waals surface area (Å²) in [6, 6.07) is 6.44. The van der Waals surface area contributed by atoms with Crippen LogP contribution in [-0.2, 0) is 10.3 Å². The lowest BCUT2D eigenvalue weighted by Gasteiger charge is -2.43. The number of carboxylic acids is 1. The highest BCUT2D eigenvalue weighted by molar-refractivity contribution is 5.69. The highest BCUT2D eigenvalue weighted by Crippen LogP contribution is 2.37. The fourth-order valence-corrected chi connectivity index (χ4v) is 3.48. The number of benzene rings is 1. The van der Waals surface area contributed by atoms with Crippen molar-refractivity contribution in [2.75, 3.05) is 13.1 Å². The van der Waals surface area contributed by atoms with Crippen molar-refractivity contribution in [2.24, 2.45) is 0 Å². The predicted octanol–water partition coefficient (Wildman–Crippen LogP) is 3.78. The molecule has 116 valence electrons. The molecule has 1 heterocycles. The standard InChI is InChI=1S/C17H24FNO2/c1-2-17(13-16(20)21,14-8-7-9-15(18)12-14)19-10-5-3-4-6-11-19/h7-9,12H,2-6,10-11,13H2,1H3,(H,20,21). The summed E-state index contributed by atoms with van der Waals surface area (Å²) in [4.78, 5) is 13.7. The average molecular weight is 293 g/mol. The summed E-state index contributed by atoms with van der Waals surface area (Å²) in [5.74, 6) is -1.13. The third-order valence-electron chi connectivity index (χ3n) is 4.60. The Bertz CT molecular complexity index is 483. The van der Waals surface area contributed by atoms with Gasteiger partial charge in [-0.2, -0.15) is 0 Å². The molecule has 21 heavy (non-hydrogen) atoms. The summed E-state index contributed by atoms with van der Waals surface area (Å²) < 4.78 is 13.7. The van der Waals surface area contributed by atoms with Gasteiger partial charge in [0.2, 0.25) is 0 Å². The fourth-order valence-electron chi connectivity index (χ4n) is 3.48. The Kier molecular flexibility index (Phi) is 5.34. The van der Waals surface area contributed by atoms with Crippen LogP contribution < -0.4 is 0 Å². The minimum Gasteiger partial charge on any atom is -0.481 e. The van der Waals surface area contributed by atoms with Crippen LogP contribution in [0.5, 0.6) is 0 Å². The number of likely N-dealkylation sites (tertiary alicyclic amines) is 1. The predicted molar refractivity (Wildman–Crippen MR) is 80.7 cm³/mol. The number of rotatable bonds is 5. The van der Waals surface area contributed by atoms with Gasteiger partial charge in [0.05, 0.1) is 12.0 Å². The number of aliphatic carboxylic acids is 1. The molecular formula is C17H24FNO2. The number of hydrogen-bond donors (Lipinski definition) is 1. The molecule has 0 amide bonds. The zero-order chi connectivity index (χ0) is 15.3. The van der Waals surface area contributed by atoms with Crippen molar-refractivity contribution >= 4 is 5.97 Å². The van der Waals surface area contributed by atoms with Gasteiger partial charge in [-0.05, 0) is 50.0 Å². The van der Waals surface area contributed by atoms with E-state index in [1.165, 1.54) is 25.0 Å². The van der Waals surface area contributed by atoms with Crippen LogP contribution in [0.15, 0.2) is 24.3 Å². The topological polar surface area (TPSA) is 40.5 Å². The first kappa shape index (κ1) is 16.0. The molecule has 1 fully saturated rings. The second-order valence-corrected chi connectivity index (χ2v) is 5.87. The molecule has 0 spiro atoms. The summed E-state index contributed by atoms with van der Waals surface area (Å²) in [6.45, 7) is 3.77. The van der Waals surface area contributed by atoms with Crippen LogP contribution in [0.1, 0.15) is 51.0 Å². The van der Waals surface area contributed by atoms with Crippen LogP contribution in [0.2, 0.25) is 0 Å². The zero-order valence-corrected chi connectivity index (χ0v) is 12.6. The maximum atomic E-state index is 13.7. The van der Waals surface area contributed by atoms with Crippen LogP contribution in [0.3, 0.4) is 0 Å². The number of hydrogen-bond acceptors (Lipinski definition) is 2. The van der Waals surface area contributed by atoms with Gasteiger partial charge in [-0.25, -0.2) is 4.39 Å². The summed E-state index contributed by atoms with van der Waals surface area (Å²) in [6.07, 6.45) is 5.22. The summed E-state index contributed by atoms with van der Waals surface area (Å²) >= 11 is 0. The molecule has 1 atom stereocenters. The number of carboxylic acid groups (broad SMARTS) is 1. The summed E-state index contributed by atoms with van der Waals surface area (Å²) in [7, 11) is 0. The van der Waals surface area contributed by atoms with E-state index in [9.17, 15) is 14.3 Å². The van der Waals surface area contributed by atoms with Gasteiger partial charge < -0.3 is 5.11 Å². The molecule has 0 radical (unpaired) electrons. The lowest BCUT2D eigenvalue weighted by molar-refractivity contribution is -0.141. The van der Waals surface area contributed by atoms with E-state index < -0.39 is 11.5 Å². The number of nitrogens with zero attached hydrogens (tertiary/aromatic N) is 1. The minimum absolute atomic E-state index is 0.0208. The fraction of sp³-hybridized carbons (Fsp3) is 0.588. The molecule has 0 aromatic heterocycles. The van der Waals surface area contributed by atoms with E-state index in [2.05, 4.69) is 4.90 Å². The molecule has 1 aliphatic rings. The van der Waals surface area contributed by atoms with Gasteiger partial charge in [0.1, 0.15) is 5.82 Å². The average Bonchev–Trinajstić information content (AvgIpc) is 2.74. The molecule has 0 saturated carbocycles. The Balaban J connectivity index is 2.43. The van der Waals surface area contributed by atoms with Gasteiger partial charge in [-0.3, -0.25) is 9.69 Å². The minimum atomic E-state index is -0.828. The van der Waals surface area contributed by atoms with Crippen molar-refractivity contribution in [3.63, 3.8) is 0 Å². The van der Waals surface area contributed by atoms with Gasteiger partial charge in [-0.15, -0.1) is 0 Å². The second-order valence-electron chi connectivity index (χ2n) is 5.87. The highest BCUT2D eigenvalue weighted by atomic mass is 19.1. The molecule has 3 nitrogen and oxygen atoms in total. The molecular weight excluding hydrogens is 269 g/mol. The van der Waals surface area contributed by atoms with Crippen LogP contribution >= 0.6 is 0 Å². The quantitative estimate of drug-likeness (QED) is 0.898. The third kappa shape index (κ3) is 3.62.